The summed E-state index contributed by atoms with van der Waals surface area (Å²) in [5.41, 5.74) is 16.0. The smallest absolute Gasteiger partial charge is 0.0636 e. The van der Waals surface area contributed by atoms with Crippen molar-refractivity contribution >= 4 is 23.6 Å². The number of aryl methyl sites for hydroxylation is 3. The van der Waals surface area contributed by atoms with Crippen molar-refractivity contribution in [1.82, 2.24) is 0 Å². The first-order chi connectivity index (χ1) is 23.7. The van der Waals surface area contributed by atoms with Crippen molar-refractivity contribution in [3.05, 3.63) is 184 Å². The third-order valence-electron chi connectivity index (χ3n) is 11.3. The molecule has 1 aliphatic carbocycles. The Morgan fingerprint density at radius 3 is 1.00 bits per heavy atom. The maximum absolute atomic E-state index is 2.92. The lowest BCUT2D eigenvalue weighted by atomic mass is 10.0. The second kappa shape index (κ2) is 13.1. The second-order valence-corrected chi connectivity index (χ2v) is 17.8. The van der Waals surface area contributed by atoms with Crippen LogP contribution < -0.4 is 15.6 Å². The van der Waals surface area contributed by atoms with Gasteiger partial charge >= 0.3 is 0 Å². The molecule has 49 heavy (non-hydrogen) atoms. The molecule has 7 rings (SSSR count). The molecule has 1 unspecified atom stereocenters. The van der Waals surface area contributed by atoms with Gasteiger partial charge < -0.3 is 0 Å². The van der Waals surface area contributed by atoms with Gasteiger partial charge in [0.05, 0.1) is 0 Å². The van der Waals surface area contributed by atoms with Crippen LogP contribution >= 0.6 is 0 Å². The molecular formula is C48H46Si. The van der Waals surface area contributed by atoms with Gasteiger partial charge in [-0.25, -0.2) is 0 Å². The largest absolute Gasteiger partial charge is 0.176 e. The van der Waals surface area contributed by atoms with Crippen LogP contribution in [0, 0.1) is 26.7 Å². The highest BCUT2D eigenvalue weighted by molar-refractivity contribution is 7.16. The average Bonchev–Trinajstić information content (AvgIpc) is 3.33. The van der Waals surface area contributed by atoms with E-state index in [-0.39, 0.29) is 0 Å². The fourth-order valence-electron chi connectivity index (χ4n) is 8.29. The lowest BCUT2D eigenvalue weighted by Gasteiger charge is -2.39. The summed E-state index contributed by atoms with van der Waals surface area (Å²) in [4.78, 5) is 0. The number of hydrogen-bond donors (Lipinski definition) is 0. The van der Waals surface area contributed by atoms with Gasteiger partial charge in [-0.2, -0.15) is 0 Å². The molecule has 0 aliphatic heterocycles. The number of benzene rings is 6. The summed E-state index contributed by atoms with van der Waals surface area (Å²) in [5.74, 6) is 0.330. The summed E-state index contributed by atoms with van der Waals surface area (Å²) in [5, 5.41) is 5.92. The van der Waals surface area contributed by atoms with Crippen molar-refractivity contribution in [1.29, 1.82) is 0 Å². The zero-order valence-electron chi connectivity index (χ0n) is 29.9. The van der Waals surface area contributed by atoms with Crippen molar-refractivity contribution < 1.29 is 0 Å². The van der Waals surface area contributed by atoms with E-state index < -0.39 is 8.07 Å². The highest BCUT2D eigenvalue weighted by Gasteiger charge is 2.48. The Morgan fingerprint density at radius 2 is 0.714 bits per heavy atom. The van der Waals surface area contributed by atoms with Gasteiger partial charge in [-0.15, -0.1) is 0 Å². The molecule has 1 heteroatoms. The number of rotatable bonds is 7. The first-order valence-electron chi connectivity index (χ1n) is 17.6. The van der Waals surface area contributed by atoms with E-state index in [9.17, 15) is 0 Å². The summed E-state index contributed by atoms with van der Waals surface area (Å²) in [7, 11) is -2.92. The molecule has 1 aliphatic rings. The van der Waals surface area contributed by atoms with Gasteiger partial charge in [0.2, 0.25) is 0 Å². The molecule has 0 bridgehead atoms. The van der Waals surface area contributed by atoms with Gasteiger partial charge in [0.25, 0.3) is 0 Å². The number of hydrogen-bond acceptors (Lipinski definition) is 0. The zero-order valence-corrected chi connectivity index (χ0v) is 30.9. The maximum atomic E-state index is 2.55. The van der Waals surface area contributed by atoms with Gasteiger partial charge in [0, 0.05) is 0 Å². The molecule has 0 saturated heterocycles. The topological polar surface area (TPSA) is 0 Å². The van der Waals surface area contributed by atoms with Crippen LogP contribution in [-0.2, 0) is 0 Å². The van der Waals surface area contributed by atoms with Crippen LogP contribution in [0.2, 0.25) is 0 Å². The van der Waals surface area contributed by atoms with E-state index in [2.05, 4.69) is 194 Å². The van der Waals surface area contributed by atoms with Gasteiger partial charge in [0.15, 0.2) is 8.07 Å². The molecule has 0 radical (unpaired) electrons. The van der Waals surface area contributed by atoms with Crippen molar-refractivity contribution in [2.24, 2.45) is 5.92 Å². The fourth-order valence-corrected chi connectivity index (χ4v) is 13.9. The van der Waals surface area contributed by atoms with Crippen LogP contribution in [-0.4, -0.2) is 8.07 Å². The molecule has 1 atom stereocenters. The Kier molecular flexibility index (Phi) is 8.73. The summed E-state index contributed by atoms with van der Waals surface area (Å²) >= 11 is 0. The van der Waals surface area contributed by atoms with Crippen molar-refractivity contribution in [2.45, 2.75) is 48.5 Å². The Labute approximate surface area is 294 Å². The highest BCUT2D eigenvalue weighted by atomic mass is 28.3. The molecule has 0 aromatic heterocycles. The second-order valence-electron chi connectivity index (χ2n) is 14.0. The van der Waals surface area contributed by atoms with E-state index in [1.807, 2.05) is 0 Å². The molecule has 0 N–H and O–H groups in total. The third-order valence-corrected chi connectivity index (χ3v) is 16.5. The van der Waals surface area contributed by atoms with E-state index in [4.69, 9.17) is 0 Å². The molecule has 0 spiro atoms. The zero-order chi connectivity index (χ0) is 34.3. The third kappa shape index (κ3) is 5.57. The van der Waals surface area contributed by atoms with Crippen LogP contribution in [0.5, 0.6) is 0 Å². The minimum absolute atomic E-state index is 0.330. The molecule has 6 aromatic rings. The van der Waals surface area contributed by atoms with E-state index >= 15 is 0 Å². The summed E-state index contributed by atoms with van der Waals surface area (Å²) in [6.45, 7) is 16.3. The molecular weight excluding hydrogens is 605 g/mol. The van der Waals surface area contributed by atoms with Gasteiger partial charge in [-0.1, -0.05) is 169 Å². The van der Waals surface area contributed by atoms with Crippen LogP contribution in [0.4, 0.5) is 0 Å². The minimum Gasteiger partial charge on any atom is -0.0636 e. The van der Waals surface area contributed by atoms with Crippen molar-refractivity contribution in [3.63, 3.8) is 0 Å². The van der Waals surface area contributed by atoms with Crippen LogP contribution in [0.15, 0.2) is 168 Å². The van der Waals surface area contributed by atoms with E-state index in [1.165, 1.54) is 82.4 Å². The molecule has 242 valence electrons. The molecule has 6 aromatic carbocycles. The quantitative estimate of drug-likeness (QED) is 0.119. The fraction of sp³-hybridized carbons (Fsp3) is 0.167. The Morgan fingerprint density at radius 1 is 0.388 bits per heavy atom. The SMILES string of the molecule is CC1=C(C)C(C)C([Si](c2ccc(C)c(-c3ccccc3)c2)(c2ccc(C)c(-c3ccccc3)c2)c2ccc(C)c(-c3ccccc3)c2)=C1C. The molecule has 0 nitrogen and oxygen atoms in total. The Hall–Kier alpha value is -4.98. The van der Waals surface area contributed by atoms with Gasteiger partial charge in [0.1, 0.15) is 0 Å². The van der Waals surface area contributed by atoms with Crippen LogP contribution in [0.3, 0.4) is 0 Å². The average molecular weight is 651 g/mol. The minimum atomic E-state index is -2.92. The molecule has 0 heterocycles. The first kappa shape index (κ1) is 32.6. The summed E-state index contributed by atoms with van der Waals surface area (Å²) in [6.07, 6.45) is 0. The van der Waals surface area contributed by atoms with Crippen molar-refractivity contribution in [3.8, 4) is 33.4 Å². The predicted molar refractivity (Wildman–Crippen MR) is 215 cm³/mol. The summed E-state index contributed by atoms with van der Waals surface area (Å²) < 4.78 is 0. The lowest BCUT2D eigenvalue weighted by Crippen LogP contribution is -2.69. The standard InChI is InChI=1S/C48H46Si/c1-32-23-26-42(29-45(32)39-17-11-8-12-18-39)49(48-37(6)35(4)36(5)38(48)7,43-27-24-33(2)46(30-43)40-19-13-9-14-20-40)44-28-25-34(3)47(31-44)41-21-15-10-16-22-41/h8-31,37H,1-7H3. The van der Waals surface area contributed by atoms with E-state index in [0.29, 0.717) is 5.92 Å². The van der Waals surface area contributed by atoms with Crippen molar-refractivity contribution in [2.75, 3.05) is 0 Å². The first-order valence-corrected chi connectivity index (χ1v) is 19.6. The van der Waals surface area contributed by atoms with E-state index in [1.54, 1.807) is 5.20 Å². The highest BCUT2D eigenvalue weighted by Crippen LogP contribution is 2.42. The number of allylic oxidation sites excluding steroid dienone is 4. The van der Waals surface area contributed by atoms with Gasteiger partial charge in [-0.3, -0.25) is 0 Å². The Bertz CT molecular complexity index is 2000. The maximum Gasteiger partial charge on any atom is 0.176 e. The Balaban J connectivity index is 1.65. The van der Waals surface area contributed by atoms with Crippen LogP contribution in [0.1, 0.15) is 44.4 Å². The van der Waals surface area contributed by atoms with E-state index in [0.717, 1.165) is 0 Å². The molecule has 0 saturated carbocycles. The predicted octanol–water partition coefficient (Wildman–Crippen LogP) is 10.9. The lowest BCUT2D eigenvalue weighted by molar-refractivity contribution is 0.851. The monoisotopic (exact) mass is 650 g/mol. The summed E-state index contributed by atoms with van der Waals surface area (Å²) in [6, 6.07) is 55.0. The van der Waals surface area contributed by atoms with Crippen LogP contribution in [0.25, 0.3) is 33.4 Å². The molecule has 0 amide bonds. The normalized spacial score (nSPS) is 14.9. The molecule has 0 fully saturated rings. The van der Waals surface area contributed by atoms with Gasteiger partial charge in [-0.05, 0) is 119 Å².